The van der Waals surface area contributed by atoms with Gasteiger partial charge in [0.2, 0.25) is 0 Å². The maximum atomic E-state index is 9.84. The predicted octanol–water partition coefficient (Wildman–Crippen LogP) is 4.80. The van der Waals surface area contributed by atoms with Crippen LogP contribution in [0.15, 0.2) is 17.3 Å². The van der Waals surface area contributed by atoms with Crippen molar-refractivity contribution in [1.29, 1.82) is 0 Å². The highest BCUT2D eigenvalue weighted by atomic mass is 16.4. The average Bonchev–Trinajstić information content (AvgIpc) is 2.43. The van der Waals surface area contributed by atoms with Crippen LogP contribution in [0.25, 0.3) is 0 Å². The van der Waals surface area contributed by atoms with E-state index < -0.39 is 0 Å². The van der Waals surface area contributed by atoms with Gasteiger partial charge in [-0.05, 0) is 37.0 Å². The van der Waals surface area contributed by atoms with Gasteiger partial charge in [-0.25, -0.2) is 0 Å². The van der Waals surface area contributed by atoms with E-state index in [1.165, 1.54) is 56.7 Å². The first-order chi connectivity index (χ1) is 9.69. The normalized spacial score (nSPS) is 11.3. The number of benzene rings is 1. The smallest absolute Gasteiger partial charge is 0.127 e. The second-order valence-corrected chi connectivity index (χ2v) is 5.47. The molecule has 2 N–H and O–H groups in total. The third kappa shape index (κ3) is 5.64. The molecule has 3 nitrogen and oxygen atoms in total. The summed E-state index contributed by atoms with van der Waals surface area (Å²) in [7, 11) is 0. The van der Waals surface area contributed by atoms with Gasteiger partial charge in [-0.3, -0.25) is 0 Å². The monoisotopic (exact) mass is 277 g/mol. The molecule has 0 saturated heterocycles. The van der Waals surface area contributed by atoms with E-state index in [2.05, 4.69) is 12.1 Å². The maximum Gasteiger partial charge on any atom is 0.127 e. The lowest BCUT2D eigenvalue weighted by Crippen LogP contribution is -1.93. The van der Waals surface area contributed by atoms with Crippen molar-refractivity contribution in [3.63, 3.8) is 0 Å². The lowest BCUT2D eigenvalue weighted by atomic mass is 10.00. The molecule has 0 aliphatic heterocycles. The third-order valence-corrected chi connectivity index (χ3v) is 3.66. The molecule has 0 amide bonds. The number of hydrogen-bond donors (Lipinski definition) is 2. The Bertz CT molecular complexity index is 427. The zero-order valence-corrected chi connectivity index (χ0v) is 12.7. The maximum absolute atomic E-state index is 9.84. The van der Waals surface area contributed by atoms with Crippen molar-refractivity contribution in [3.8, 4) is 5.75 Å². The molecule has 0 aliphatic rings. The van der Waals surface area contributed by atoms with Gasteiger partial charge in [0, 0.05) is 5.56 Å². The SMILES string of the molecule is CCCCCCCCCc1cc(C)c(O)c(/C=N\O)c1. The molecule has 0 unspecified atom stereocenters. The Morgan fingerprint density at radius 1 is 1.05 bits per heavy atom. The molecule has 1 aromatic carbocycles. The minimum Gasteiger partial charge on any atom is -0.507 e. The Balaban J connectivity index is 2.40. The Hall–Kier alpha value is -1.51. The van der Waals surface area contributed by atoms with Gasteiger partial charge in [0.15, 0.2) is 0 Å². The summed E-state index contributed by atoms with van der Waals surface area (Å²) >= 11 is 0. The molecule has 112 valence electrons. The summed E-state index contributed by atoms with van der Waals surface area (Å²) in [5, 5.41) is 21.4. The van der Waals surface area contributed by atoms with Gasteiger partial charge in [0.1, 0.15) is 5.75 Å². The van der Waals surface area contributed by atoms with Crippen molar-refractivity contribution in [3.05, 3.63) is 28.8 Å². The lowest BCUT2D eigenvalue weighted by Gasteiger charge is -2.08. The van der Waals surface area contributed by atoms with Crippen LogP contribution in [0.3, 0.4) is 0 Å². The molecule has 0 bridgehead atoms. The summed E-state index contributed by atoms with van der Waals surface area (Å²) in [5.74, 6) is 0.200. The molecule has 0 aliphatic carbocycles. The van der Waals surface area contributed by atoms with Crippen LogP contribution in [0.4, 0.5) is 0 Å². The van der Waals surface area contributed by atoms with Crippen molar-refractivity contribution in [2.75, 3.05) is 0 Å². The summed E-state index contributed by atoms with van der Waals surface area (Å²) in [6.45, 7) is 4.11. The fraction of sp³-hybridized carbons (Fsp3) is 0.588. The van der Waals surface area contributed by atoms with E-state index in [4.69, 9.17) is 5.21 Å². The first kappa shape index (κ1) is 16.5. The van der Waals surface area contributed by atoms with E-state index in [1.54, 1.807) is 0 Å². The fourth-order valence-electron chi connectivity index (χ4n) is 2.48. The van der Waals surface area contributed by atoms with Gasteiger partial charge in [-0.1, -0.05) is 56.7 Å². The van der Waals surface area contributed by atoms with E-state index in [9.17, 15) is 5.11 Å². The van der Waals surface area contributed by atoms with Crippen LogP contribution in [-0.2, 0) is 6.42 Å². The molecule has 1 aromatic rings. The summed E-state index contributed by atoms with van der Waals surface area (Å²) < 4.78 is 0. The highest BCUT2D eigenvalue weighted by Gasteiger charge is 2.05. The first-order valence-corrected chi connectivity index (χ1v) is 7.69. The van der Waals surface area contributed by atoms with Crippen molar-refractivity contribution in [1.82, 2.24) is 0 Å². The Morgan fingerprint density at radius 3 is 2.35 bits per heavy atom. The van der Waals surface area contributed by atoms with Crippen LogP contribution in [0, 0.1) is 6.92 Å². The largest absolute Gasteiger partial charge is 0.507 e. The number of aromatic hydroxyl groups is 1. The fourth-order valence-corrected chi connectivity index (χ4v) is 2.48. The van der Waals surface area contributed by atoms with E-state index in [-0.39, 0.29) is 5.75 Å². The minimum atomic E-state index is 0.200. The molecule has 3 heteroatoms. The van der Waals surface area contributed by atoms with Crippen LogP contribution in [0.2, 0.25) is 0 Å². The molecule has 0 saturated carbocycles. The predicted molar refractivity (Wildman–Crippen MR) is 83.9 cm³/mol. The molecular formula is C17H27NO2. The molecule has 0 fully saturated rings. The molecule has 20 heavy (non-hydrogen) atoms. The van der Waals surface area contributed by atoms with Crippen LogP contribution < -0.4 is 0 Å². The van der Waals surface area contributed by atoms with Gasteiger partial charge < -0.3 is 10.3 Å². The quantitative estimate of drug-likeness (QED) is 0.295. The highest BCUT2D eigenvalue weighted by molar-refractivity contribution is 5.84. The topological polar surface area (TPSA) is 52.8 Å². The van der Waals surface area contributed by atoms with Gasteiger partial charge in [-0.2, -0.15) is 0 Å². The summed E-state index contributed by atoms with van der Waals surface area (Å²) in [5.41, 5.74) is 2.62. The number of aryl methyl sites for hydroxylation is 2. The van der Waals surface area contributed by atoms with Crippen LogP contribution in [0.5, 0.6) is 5.75 Å². The summed E-state index contributed by atoms with van der Waals surface area (Å²) in [4.78, 5) is 0. The minimum absolute atomic E-state index is 0.200. The number of oxime groups is 1. The van der Waals surface area contributed by atoms with Gasteiger partial charge >= 0.3 is 0 Å². The molecule has 0 aromatic heterocycles. The highest BCUT2D eigenvalue weighted by Crippen LogP contribution is 2.23. The van der Waals surface area contributed by atoms with Crippen molar-refractivity contribution in [2.24, 2.45) is 5.16 Å². The van der Waals surface area contributed by atoms with Crippen molar-refractivity contribution in [2.45, 2.75) is 65.2 Å². The van der Waals surface area contributed by atoms with Gasteiger partial charge in [0.05, 0.1) is 6.21 Å². The molecule has 0 atom stereocenters. The number of hydrogen-bond acceptors (Lipinski definition) is 3. The first-order valence-electron chi connectivity index (χ1n) is 7.69. The number of rotatable bonds is 9. The lowest BCUT2D eigenvalue weighted by molar-refractivity contribution is 0.321. The molecule has 0 heterocycles. The van der Waals surface area contributed by atoms with Crippen molar-refractivity contribution < 1.29 is 10.3 Å². The Kier molecular flexibility index (Phi) is 7.78. The average molecular weight is 277 g/mol. The van der Waals surface area contributed by atoms with Gasteiger partial charge in [0.25, 0.3) is 0 Å². The van der Waals surface area contributed by atoms with Crippen LogP contribution in [-0.4, -0.2) is 16.5 Å². The van der Waals surface area contributed by atoms with E-state index >= 15 is 0 Å². The Labute approximate surface area is 122 Å². The second kappa shape index (κ2) is 9.40. The van der Waals surface area contributed by atoms with Crippen LogP contribution in [0.1, 0.15) is 68.6 Å². The molecular weight excluding hydrogens is 250 g/mol. The summed E-state index contributed by atoms with van der Waals surface area (Å²) in [6.07, 6.45) is 11.4. The Morgan fingerprint density at radius 2 is 1.70 bits per heavy atom. The molecule has 0 radical (unpaired) electrons. The molecule has 0 spiro atoms. The summed E-state index contributed by atoms with van der Waals surface area (Å²) in [6, 6.07) is 3.92. The molecule has 1 rings (SSSR count). The third-order valence-electron chi connectivity index (χ3n) is 3.66. The number of nitrogens with zero attached hydrogens (tertiary/aromatic N) is 1. The van der Waals surface area contributed by atoms with E-state index in [0.717, 1.165) is 12.0 Å². The van der Waals surface area contributed by atoms with Crippen molar-refractivity contribution >= 4 is 6.21 Å². The number of phenolic OH excluding ortho intramolecular Hbond substituents is 1. The van der Waals surface area contributed by atoms with E-state index in [1.807, 2.05) is 19.1 Å². The second-order valence-electron chi connectivity index (χ2n) is 5.47. The number of phenols is 1. The standard InChI is InChI=1S/C17H27NO2/c1-3-4-5-6-7-8-9-10-15-11-14(2)17(19)16(12-15)13-18-20/h11-13,19-20H,3-10H2,1-2H3/b18-13-. The van der Waals surface area contributed by atoms with E-state index in [0.29, 0.717) is 5.56 Å². The number of unbranched alkanes of at least 4 members (excludes halogenated alkanes) is 6. The zero-order chi connectivity index (χ0) is 14.8. The van der Waals surface area contributed by atoms with Gasteiger partial charge in [-0.15, -0.1) is 0 Å². The zero-order valence-electron chi connectivity index (χ0n) is 12.7. The van der Waals surface area contributed by atoms with Crippen LogP contribution >= 0.6 is 0 Å².